The van der Waals surface area contributed by atoms with Crippen LogP contribution in [-0.2, 0) is 13.1 Å². The van der Waals surface area contributed by atoms with Crippen molar-refractivity contribution in [2.24, 2.45) is 0 Å². The third-order valence-corrected chi connectivity index (χ3v) is 4.71. The number of aromatic nitrogens is 4. The fraction of sp³-hybridized carbons (Fsp3) is 0.400. The molecule has 0 saturated carbocycles. The highest BCUT2D eigenvalue weighted by molar-refractivity contribution is 5.38. The van der Waals surface area contributed by atoms with Crippen LogP contribution in [0, 0.1) is 39.3 Å². The Kier molecular flexibility index (Phi) is 5.70. The summed E-state index contributed by atoms with van der Waals surface area (Å²) in [5.74, 6) is -1.22. The molecule has 0 aliphatic heterocycles. The van der Waals surface area contributed by atoms with Crippen molar-refractivity contribution in [1.82, 2.24) is 24.9 Å². The molecule has 7 heteroatoms. The first-order chi connectivity index (χ1) is 12.9. The second-order valence-electron chi connectivity index (χ2n) is 6.84. The highest BCUT2D eigenvalue weighted by Gasteiger charge is 2.15. The van der Waals surface area contributed by atoms with Gasteiger partial charge in [-0.2, -0.15) is 10.2 Å². The minimum absolute atomic E-state index is 0.257. The van der Waals surface area contributed by atoms with Crippen LogP contribution in [0.5, 0.6) is 0 Å². The zero-order valence-corrected chi connectivity index (χ0v) is 16.2. The number of hydrogen-bond donors (Lipinski definition) is 1. The van der Waals surface area contributed by atoms with E-state index in [9.17, 15) is 8.78 Å². The number of benzene rings is 1. The molecule has 0 aliphatic rings. The fourth-order valence-corrected chi connectivity index (χ4v) is 3.29. The molecule has 0 atom stereocenters. The lowest BCUT2D eigenvalue weighted by Crippen LogP contribution is -2.18. The van der Waals surface area contributed by atoms with Crippen LogP contribution in [0.25, 0.3) is 5.69 Å². The van der Waals surface area contributed by atoms with Crippen LogP contribution in [0.3, 0.4) is 0 Å². The van der Waals surface area contributed by atoms with Gasteiger partial charge in [0, 0.05) is 36.1 Å². The number of hydrogen-bond acceptors (Lipinski definition) is 3. The van der Waals surface area contributed by atoms with Gasteiger partial charge in [-0.3, -0.25) is 4.68 Å². The molecule has 3 aromatic rings. The van der Waals surface area contributed by atoms with Crippen LogP contribution >= 0.6 is 0 Å². The van der Waals surface area contributed by atoms with Gasteiger partial charge in [0.15, 0.2) is 5.82 Å². The topological polar surface area (TPSA) is 47.7 Å². The molecule has 1 aromatic carbocycles. The Morgan fingerprint density at radius 1 is 1.04 bits per heavy atom. The Morgan fingerprint density at radius 2 is 1.81 bits per heavy atom. The molecule has 0 bridgehead atoms. The Labute approximate surface area is 158 Å². The number of nitrogens with zero attached hydrogens (tertiary/aromatic N) is 4. The summed E-state index contributed by atoms with van der Waals surface area (Å²) >= 11 is 0. The molecule has 5 nitrogen and oxygen atoms in total. The Morgan fingerprint density at radius 3 is 2.48 bits per heavy atom. The molecular formula is C20H25F2N5. The van der Waals surface area contributed by atoms with Crippen molar-refractivity contribution in [1.29, 1.82) is 0 Å². The molecule has 0 radical (unpaired) electrons. The van der Waals surface area contributed by atoms with E-state index in [4.69, 9.17) is 0 Å². The summed E-state index contributed by atoms with van der Waals surface area (Å²) in [6.07, 6.45) is 0.959. The highest BCUT2D eigenvalue weighted by atomic mass is 19.1. The van der Waals surface area contributed by atoms with Crippen LogP contribution < -0.4 is 5.32 Å². The highest BCUT2D eigenvalue weighted by Crippen LogP contribution is 2.20. The van der Waals surface area contributed by atoms with E-state index in [0.29, 0.717) is 6.54 Å². The molecule has 0 aliphatic carbocycles. The minimum atomic E-state index is -0.620. The summed E-state index contributed by atoms with van der Waals surface area (Å²) in [4.78, 5) is 0. The molecule has 1 N–H and O–H groups in total. The van der Waals surface area contributed by atoms with Crippen LogP contribution in [-0.4, -0.2) is 26.1 Å². The van der Waals surface area contributed by atoms with Crippen molar-refractivity contribution < 1.29 is 8.78 Å². The van der Waals surface area contributed by atoms with Gasteiger partial charge in [0.05, 0.1) is 11.4 Å². The van der Waals surface area contributed by atoms with Gasteiger partial charge in [-0.05, 0) is 58.9 Å². The maximum atomic E-state index is 14.1. The van der Waals surface area contributed by atoms with Crippen LogP contribution in [0.1, 0.15) is 34.8 Å². The van der Waals surface area contributed by atoms with Gasteiger partial charge in [0.1, 0.15) is 11.5 Å². The number of aryl methyl sites for hydroxylation is 4. The number of rotatable bonds is 7. The van der Waals surface area contributed by atoms with Gasteiger partial charge >= 0.3 is 0 Å². The normalized spacial score (nSPS) is 11.3. The third kappa shape index (κ3) is 4.24. The quantitative estimate of drug-likeness (QED) is 0.642. The predicted octanol–water partition coefficient (Wildman–Crippen LogP) is 3.76. The van der Waals surface area contributed by atoms with Crippen molar-refractivity contribution in [3.63, 3.8) is 0 Å². The summed E-state index contributed by atoms with van der Waals surface area (Å²) in [7, 11) is 0. The van der Waals surface area contributed by atoms with Crippen molar-refractivity contribution in [2.45, 2.75) is 47.2 Å². The largest absolute Gasteiger partial charge is 0.312 e. The second kappa shape index (κ2) is 8.00. The molecule has 0 spiro atoms. The first kappa shape index (κ1) is 19.2. The van der Waals surface area contributed by atoms with Gasteiger partial charge in [-0.25, -0.2) is 13.5 Å². The summed E-state index contributed by atoms with van der Waals surface area (Å²) in [6.45, 7) is 10.2. The summed E-state index contributed by atoms with van der Waals surface area (Å²) in [5.41, 5.74) is 5.18. The molecule has 27 heavy (non-hydrogen) atoms. The molecule has 0 saturated heterocycles. The van der Waals surface area contributed by atoms with Crippen LogP contribution in [0.2, 0.25) is 0 Å². The standard InChI is InChI=1S/C20H25F2N5/c1-13-10-14(2)26(24-13)9-5-8-23-12-18-15(3)25-27(16(18)4)20-7-6-17(21)11-19(20)22/h6-7,10-11,23H,5,8-9,12H2,1-4H3. The monoisotopic (exact) mass is 373 g/mol. The van der Waals surface area contributed by atoms with E-state index < -0.39 is 11.6 Å². The lowest BCUT2D eigenvalue weighted by Gasteiger charge is -2.08. The zero-order chi connectivity index (χ0) is 19.6. The molecule has 0 amide bonds. The van der Waals surface area contributed by atoms with Crippen molar-refractivity contribution >= 4 is 0 Å². The Hall–Kier alpha value is -2.54. The molecule has 3 rings (SSSR count). The average molecular weight is 373 g/mol. The van der Waals surface area contributed by atoms with Gasteiger partial charge in [-0.1, -0.05) is 0 Å². The minimum Gasteiger partial charge on any atom is -0.312 e. The molecule has 144 valence electrons. The first-order valence-electron chi connectivity index (χ1n) is 9.09. The SMILES string of the molecule is Cc1cc(C)n(CCCNCc2c(C)nn(-c3ccc(F)cc3F)c2C)n1. The third-order valence-electron chi connectivity index (χ3n) is 4.71. The van der Waals surface area contributed by atoms with Gasteiger partial charge in [-0.15, -0.1) is 0 Å². The molecular weight excluding hydrogens is 348 g/mol. The Balaban J connectivity index is 1.61. The van der Waals surface area contributed by atoms with E-state index in [-0.39, 0.29) is 5.69 Å². The van der Waals surface area contributed by atoms with Crippen molar-refractivity contribution in [3.8, 4) is 5.69 Å². The van der Waals surface area contributed by atoms with E-state index in [1.165, 1.54) is 22.5 Å². The van der Waals surface area contributed by atoms with E-state index in [1.807, 2.05) is 25.5 Å². The lowest BCUT2D eigenvalue weighted by atomic mass is 10.2. The number of halogens is 2. The average Bonchev–Trinajstić information content (AvgIpc) is 3.06. The van der Waals surface area contributed by atoms with E-state index in [1.54, 1.807) is 0 Å². The zero-order valence-electron chi connectivity index (χ0n) is 16.2. The summed E-state index contributed by atoms with van der Waals surface area (Å²) in [6, 6.07) is 5.60. The molecule has 2 heterocycles. The fourth-order valence-electron chi connectivity index (χ4n) is 3.29. The van der Waals surface area contributed by atoms with Gasteiger partial charge in [0.25, 0.3) is 0 Å². The lowest BCUT2D eigenvalue weighted by molar-refractivity contribution is 0.531. The maximum absolute atomic E-state index is 14.1. The Bertz CT molecular complexity index is 942. The van der Waals surface area contributed by atoms with Crippen LogP contribution in [0.4, 0.5) is 8.78 Å². The van der Waals surface area contributed by atoms with E-state index in [2.05, 4.69) is 28.5 Å². The van der Waals surface area contributed by atoms with Gasteiger partial charge in [0.2, 0.25) is 0 Å². The first-order valence-corrected chi connectivity index (χ1v) is 9.09. The summed E-state index contributed by atoms with van der Waals surface area (Å²) in [5, 5.41) is 12.3. The van der Waals surface area contributed by atoms with Crippen molar-refractivity contribution in [3.05, 3.63) is 64.2 Å². The molecule has 0 unspecified atom stereocenters. The van der Waals surface area contributed by atoms with Crippen LogP contribution in [0.15, 0.2) is 24.3 Å². The maximum Gasteiger partial charge on any atom is 0.151 e. The summed E-state index contributed by atoms with van der Waals surface area (Å²) < 4.78 is 30.8. The second-order valence-corrected chi connectivity index (χ2v) is 6.84. The van der Waals surface area contributed by atoms with E-state index >= 15 is 0 Å². The molecule has 2 aromatic heterocycles. The molecule has 0 fully saturated rings. The number of nitrogens with one attached hydrogen (secondary N) is 1. The predicted molar refractivity (Wildman–Crippen MR) is 101 cm³/mol. The smallest absolute Gasteiger partial charge is 0.151 e. The van der Waals surface area contributed by atoms with E-state index in [0.717, 1.165) is 48.2 Å². The van der Waals surface area contributed by atoms with Gasteiger partial charge < -0.3 is 5.32 Å². The van der Waals surface area contributed by atoms with Crippen molar-refractivity contribution in [2.75, 3.05) is 6.54 Å².